The molecule has 4 nitrogen and oxygen atoms in total. The Balaban J connectivity index is 1.76. The van der Waals surface area contributed by atoms with Gasteiger partial charge >= 0.3 is 0 Å². The number of sulfonamides is 1. The van der Waals surface area contributed by atoms with Crippen LogP contribution in [0.4, 0.5) is 10.1 Å². The van der Waals surface area contributed by atoms with Gasteiger partial charge < -0.3 is 0 Å². The third-order valence-corrected chi connectivity index (χ3v) is 5.69. The number of pyridine rings is 1. The van der Waals surface area contributed by atoms with Gasteiger partial charge in [-0.15, -0.1) is 0 Å². The zero-order valence-corrected chi connectivity index (χ0v) is 15.9. The quantitative estimate of drug-likeness (QED) is 0.511. The second kappa shape index (κ2) is 7.74. The van der Waals surface area contributed by atoms with E-state index in [1.165, 1.54) is 18.2 Å². The van der Waals surface area contributed by atoms with Crippen LogP contribution in [0.1, 0.15) is 11.1 Å². The molecule has 1 aromatic heterocycles. The first-order valence-corrected chi connectivity index (χ1v) is 10.2. The second-order valence-electron chi connectivity index (χ2n) is 6.26. The van der Waals surface area contributed by atoms with Gasteiger partial charge in [0.1, 0.15) is 5.82 Å². The smallest absolute Gasteiger partial charge is 0.262 e. The van der Waals surface area contributed by atoms with Crippen LogP contribution < -0.4 is 4.72 Å². The predicted octanol–water partition coefficient (Wildman–Crippen LogP) is 4.57. The van der Waals surface area contributed by atoms with Crippen molar-refractivity contribution in [3.63, 3.8) is 0 Å². The van der Waals surface area contributed by atoms with Gasteiger partial charge in [0.25, 0.3) is 10.0 Å². The molecule has 4 aromatic rings. The van der Waals surface area contributed by atoms with Crippen molar-refractivity contribution >= 4 is 26.5 Å². The van der Waals surface area contributed by atoms with Crippen LogP contribution in [-0.2, 0) is 10.0 Å². The monoisotopic (exact) mass is 402 g/mol. The summed E-state index contributed by atoms with van der Waals surface area (Å²) < 4.78 is 42.5. The van der Waals surface area contributed by atoms with Gasteiger partial charge in [-0.05, 0) is 41.8 Å². The molecule has 29 heavy (non-hydrogen) atoms. The molecule has 0 aliphatic heterocycles. The van der Waals surface area contributed by atoms with Gasteiger partial charge in [-0.2, -0.15) is 0 Å². The molecule has 142 valence electrons. The van der Waals surface area contributed by atoms with Gasteiger partial charge in [-0.1, -0.05) is 48.2 Å². The van der Waals surface area contributed by atoms with Crippen molar-refractivity contribution in [1.82, 2.24) is 4.98 Å². The molecule has 0 bridgehead atoms. The Morgan fingerprint density at radius 2 is 1.72 bits per heavy atom. The first-order chi connectivity index (χ1) is 14.0. The number of nitrogens with one attached hydrogen (secondary N) is 1. The Morgan fingerprint density at radius 3 is 2.55 bits per heavy atom. The molecule has 0 fully saturated rings. The number of rotatable bonds is 3. The Morgan fingerprint density at radius 1 is 0.897 bits per heavy atom. The maximum atomic E-state index is 13.8. The van der Waals surface area contributed by atoms with Gasteiger partial charge in [0.15, 0.2) is 0 Å². The number of aromatic nitrogens is 1. The summed E-state index contributed by atoms with van der Waals surface area (Å²) in [6.07, 6.45) is 3.23. The van der Waals surface area contributed by atoms with Crippen molar-refractivity contribution < 1.29 is 12.8 Å². The van der Waals surface area contributed by atoms with Gasteiger partial charge in [0.05, 0.1) is 10.6 Å². The van der Waals surface area contributed by atoms with Crippen LogP contribution in [0.15, 0.2) is 90.1 Å². The maximum absolute atomic E-state index is 13.8. The summed E-state index contributed by atoms with van der Waals surface area (Å²) in [5, 5.41) is 1.38. The highest BCUT2D eigenvalue weighted by molar-refractivity contribution is 7.93. The number of fused-ring (bicyclic) bond motifs is 1. The molecule has 0 spiro atoms. The third-order valence-electron chi connectivity index (χ3n) is 4.27. The zero-order valence-electron chi connectivity index (χ0n) is 15.1. The minimum absolute atomic E-state index is 0.0781. The molecule has 6 heteroatoms. The van der Waals surface area contributed by atoms with Crippen LogP contribution >= 0.6 is 0 Å². The lowest BCUT2D eigenvalue weighted by Crippen LogP contribution is -2.14. The van der Waals surface area contributed by atoms with Crippen molar-refractivity contribution in [2.75, 3.05) is 4.72 Å². The van der Waals surface area contributed by atoms with E-state index in [9.17, 15) is 12.8 Å². The van der Waals surface area contributed by atoms with E-state index in [1.54, 1.807) is 42.7 Å². The molecule has 0 radical (unpaired) electrons. The van der Waals surface area contributed by atoms with Gasteiger partial charge in [0, 0.05) is 28.9 Å². The van der Waals surface area contributed by atoms with Gasteiger partial charge in [0.2, 0.25) is 0 Å². The standard InChI is InChI=1S/C23H15FN2O2S/c24-20-13-12-19(11-10-17-5-4-14-25-16-17)22(15-20)26-29(27,28)23-9-3-7-18-6-1-2-8-21(18)23/h1-9,12-16,26H. The van der Waals surface area contributed by atoms with Crippen LogP contribution in [0.2, 0.25) is 0 Å². The minimum Gasteiger partial charge on any atom is -0.278 e. The SMILES string of the molecule is O=S(=O)(Nc1cc(F)ccc1C#Cc1cccnc1)c1cccc2ccccc12. The Bertz CT molecular complexity index is 1350. The maximum Gasteiger partial charge on any atom is 0.262 e. The van der Waals surface area contributed by atoms with E-state index >= 15 is 0 Å². The topological polar surface area (TPSA) is 59.1 Å². The highest BCUT2D eigenvalue weighted by Crippen LogP contribution is 2.26. The van der Waals surface area contributed by atoms with E-state index in [1.807, 2.05) is 18.2 Å². The lowest BCUT2D eigenvalue weighted by molar-refractivity contribution is 0.602. The first-order valence-electron chi connectivity index (χ1n) is 8.75. The minimum atomic E-state index is -3.96. The largest absolute Gasteiger partial charge is 0.278 e. The average molecular weight is 402 g/mol. The van der Waals surface area contributed by atoms with E-state index in [4.69, 9.17) is 0 Å². The Hall–Kier alpha value is -3.69. The van der Waals surface area contributed by atoms with Crippen LogP contribution in [0, 0.1) is 17.7 Å². The van der Waals surface area contributed by atoms with Crippen LogP contribution in [0.5, 0.6) is 0 Å². The number of anilines is 1. The molecule has 1 heterocycles. The summed E-state index contributed by atoms with van der Waals surface area (Å²) >= 11 is 0. The van der Waals surface area contributed by atoms with Crippen LogP contribution in [0.25, 0.3) is 10.8 Å². The number of benzene rings is 3. The molecule has 1 N–H and O–H groups in total. The van der Waals surface area contributed by atoms with Crippen molar-refractivity contribution in [3.8, 4) is 11.8 Å². The van der Waals surface area contributed by atoms with Gasteiger partial charge in [-0.3, -0.25) is 9.71 Å². The summed E-state index contributed by atoms with van der Waals surface area (Å²) in [6, 6.07) is 19.5. The Kier molecular flexibility index (Phi) is 4.98. The predicted molar refractivity (Wildman–Crippen MR) is 111 cm³/mol. The molecule has 0 aliphatic carbocycles. The summed E-state index contributed by atoms with van der Waals surface area (Å²) in [4.78, 5) is 4.10. The van der Waals surface area contributed by atoms with Crippen LogP contribution in [-0.4, -0.2) is 13.4 Å². The number of hydrogen-bond donors (Lipinski definition) is 1. The highest BCUT2D eigenvalue weighted by Gasteiger charge is 2.19. The molecular weight excluding hydrogens is 387 g/mol. The molecule has 0 saturated carbocycles. The van der Waals surface area contributed by atoms with Crippen molar-refractivity contribution in [2.24, 2.45) is 0 Å². The fourth-order valence-electron chi connectivity index (χ4n) is 2.92. The summed E-state index contributed by atoms with van der Waals surface area (Å²) in [7, 11) is -3.96. The third kappa shape index (κ3) is 4.10. The lowest BCUT2D eigenvalue weighted by atomic mass is 10.1. The van der Waals surface area contributed by atoms with Crippen molar-refractivity contribution in [2.45, 2.75) is 4.90 Å². The Labute approximate surface area is 168 Å². The van der Waals surface area contributed by atoms with E-state index < -0.39 is 15.8 Å². The highest BCUT2D eigenvalue weighted by atomic mass is 32.2. The number of hydrogen-bond acceptors (Lipinski definition) is 3. The van der Waals surface area contributed by atoms with E-state index in [0.717, 1.165) is 11.5 Å². The van der Waals surface area contributed by atoms with Crippen LogP contribution in [0.3, 0.4) is 0 Å². The molecule has 0 unspecified atom stereocenters. The van der Waals surface area contributed by atoms with Crippen molar-refractivity contribution in [3.05, 3.63) is 102 Å². The fourth-order valence-corrected chi connectivity index (χ4v) is 4.22. The first kappa shape index (κ1) is 18.7. The average Bonchev–Trinajstić information content (AvgIpc) is 2.73. The van der Waals surface area contributed by atoms with Gasteiger partial charge in [-0.25, -0.2) is 12.8 Å². The fraction of sp³-hybridized carbons (Fsp3) is 0. The molecule has 0 saturated heterocycles. The van der Waals surface area contributed by atoms with E-state index in [2.05, 4.69) is 21.5 Å². The van der Waals surface area contributed by atoms with E-state index in [-0.39, 0.29) is 10.6 Å². The summed E-state index contributed by atoms with van der Waals surface area (Å²) in [5.74, 6) is 5.23. The summed E-state index contributed by atoms with van der Waals surface area (Å²) in [5.41, 5.74) is 1.10. The summed E-state index contributed by atoms with van der Waals surface area (Å²) in [6.45, 7) is 0. The number of nitrogens with zero attached hydrogens (tertiary/aromatic N) is 1. The molecule has 0 atom stereocenters. The van der Waals surface area contributed by atoms with E-state index in [0.29, 0.717) is 16.5 Å². The number of halogens is 1. The molecule has 0 aliphatic rings. The molecule has 4 rings (SSSR count). The normalized spacial score (nSPS) is 10.9. The molecular formula is C23H15FN2O2S. The zero-order chi connectivity index (χ0) is 20.3. The lowest BCUT2D eigenvalue weighted by Gasteiger charge is -2.12. The molecule has 3 aromatic carbocycles. The second-order valence-corrected chi connectivity index (χ2v) is 7.92. The van der Waals surface area contributed by atoms with Crippen molar-refractivity contribution in [1.29, 1.82) is 0 Å². The molecule has 0 amide bonds.